The zero-order chi connectivity index (χ0) is 21.2. The summed E-state index contributed by atoms with van der Waals surface area (Å²) >= 11 is 3.33. The molecule has 158 valence electrons. The monoisotopic (exact) mass is 481 g/mol. The maximum atomic E-state index is 13.2. The van der Waals surface area contributed by atoms with Gasteiger partial charge in [-0.05, 0) is 55.2 Å². The predicted octanol–water partition coefficient (Wildman–Crippen LogP) is 3.63. The largest absolute Gasteiger partial charge is 0.353 e. The number of sulfonamides is 1. The number of halogens is 1. The van der Waals surface area contributed by atoms with E-state index in [0.29, 0.717) is 13.1 Å². The third-order valence-corrected chi connectivity index (χ3v) is 7.38. The van der Waals surface area contributed by atoms with Crippen LogP contribution in [0.2, 0.25) is 0 Å². The molecular weight excluding hydrogens is 454 g/mol. The van der Waals surface area contributed by atoms with Crippen molar-refractivity contribution in [3.05, 3.63) is 52.8 Å². The second-order valence-electron chi connectivity index (χ2n) is 8.01. The lowest BCUT2D eigenvalue weighted by Gasteiger charge is -2.28. The van der Waals surface area contributed by atoms with Gasteiger partial charge in [-0.2, -0.15) is 4.31 Å². The van der Waals surface area contributed by atoms with Gasteiger partial charge < -0.3 is 9.47 Å². The number of carbonyl (C=O) groups is 1. The number of aryl methyl sites for hydroxylation is 1. The highest BCUT2D eigenvalue weighted by Crippen LogP contribution is 2.29. The first kappa shape index (κ1) is 22.1. The molecule has 0 atom stereocenters. The van der Waals surface area contributed by atoms with E-state index >= 15 is 0 Å². The lowest BCUT2D eigenvalue weighted by atomic mass is 10.2. The molecule has 1 aromatic carbocycles. The van der Waals surface area contributed by atoms with Gasteiger partial charge in [-0.1, -0.05) is 29.8 Å². The summed E-state index contributed by atoms with van der Waals surface area (Å²) in [6.07, 6.45) is 3.90. The maximum absolute atomic E-state index is 13.2. The van der Waals surface area contributed by atoms with Gasteiger partial charge in [0.2, 0.25) is 15.9 Å². The van der Waals surface area contributed by atoms with Crippen LogP contribution in [0.1, 0.15) is 32.4 Å². The number of rotatable bonds is 9. The highest BCUT2D eigenvalue weighted by molar-refractivity contribution is 9.10. The van der Waals surface area contributed by atoms with Gasteiger partial charge in [0.1, 0.15) is 0 Å². The van der Waals surface area contributed by atoms with Crippen LogP contribution < -0.4 is 0 Å². The highest BCUT2D eigenvalue weighted by atomic mass is 79.9. The number of hydrogen-bond acceptors (Lipinski definition) is 3. The molecule has 0 N–H and O–H groups in total. The van der Waals surface area contributed by atoms with Crippen molar-refractivity contribution in [1.29, 1.82) is 0 Å². The molecule has 0 unspecified atom stereocenters. The Bertz CT molecular complexity index is 950. The summed E-state index contributed by atoms with van der Waals surface area (Å²) in [7, 11) is -1.80. The first-order valence-corrected chi connectivity index (χ1v) is 12.1. The molecule has 1 aliphatic carbocycles. The van der Waals surface area contributed by atoms with E-state index in [-0.39, 0.29) is 29.3 Å². The van der Waals surface area contributed by atoms with E-state index in [0.717, 1.165) is 23.0 Å². The van der Waals surface area contributed by atoms with E-state index in [4.69, 9.17) is 0 Å². The van der Waals surface area contributed by atoms with Gasteiger partial charge >= 0.3 is 0 Å². The molecule has 3 rings (SSSR count). The van der Waals surface area contributed by atoms with Crippen molar-refractivity contribution in [2.24, 2.45) is 13.0 Å². The van der Waals surface area contributed by atoms with Crippen molar-refractivity contribution in [2.75, 3.05) is 13.1 Å². The Balaban J connectivity index is 1.82. The van der Waals surface area contributed by atoms with Crippen LogP contribution in [0.4, 0.5) is 0 Å². The fraction of sp³-hybridized carbons (Fsp3) is 0.476. The molecule has 0 spiro atoms. The van der Waals surface area contributed by atoms with E-state index in [1.54, 1.807) is 24.3 Å². The van der Waals surface area contributed by atoms with Gasteiger partial charge in [0.15, 0.2) is 0 Å². The smallest absolute Gasteiger partial charge is 0.243 e. The van der Waals surface area contributed by atoms with Crippen LogP contribution in [0.25, 0.3) is 0 Å². The van der Waals surface area contributed by atoms with Crippen LogP contribution in [-0.2, 0) is 28.4 Å². The first-order chi connectivity index (χ1) is 13.7. The molecule has 6 nitrogen and oxygen atoms in total. The summed E-state index contributed by atoms with van der Waals surface area (Å²) in [5, 5.41) is 0. The zero-order valence-electron chi connectivity index (χ0n) is 17.1. The van der Waals surface area contributed by atoms with Gasteiger partial charge in [-0.15, -0.1) is 0 Å². The summed E-state index contributed by atoms with van der Waals surface area (Å²) in [5.41, 5.74) is 1.04. The normalized spacial score (nSPS) is 14.6. The number of carbonyl (C=O) groups excluding carboxylic acids is 1. The predicted molar refractivity (Wildman–Crippen MR) is 117 cm³/mol. The van der Waals surface area contributed by atoms with Crippen molar-refractivity contribution < 1.29 is 13.2 Å². The summed E-state index contributed by atoms with van der Waals surface area (Å²) in [5.74, 6) is -0.0368. The molecule has 2 aromatic rings. The quantitative estimate of drug-likeness (QED) is 0.549. The topological polar surface area (TPSA) is 62.6 Å². The minimum atomic E-state index is -3.76. The van der Waals surface area contributed by atoms with Gasteiger partial charge in [0.25, 0.3) is 0 Å². The molecule has 1 fully saturated rings. The Kier molecular flexibility index (Phi) is 6.86. The van der Waals surface area contributed by atoms with Crippen molar-refractivity contribution in [3.63, 3.8) is 0 Å². The number of nitrogens with zero attached hydrogens (tertiary/aromatic N) is 3. The van der Waals surface area contributed by atoms with Crippen molar-refractivity contribution in [2.45, 2.75) is 44.2 Å². The molecule has 0 bridgehead atoms. The zero-order valence-corrected chi connectivity index (χ0v) is 19.5. The molecule has 0 radical (unpaired) electrons. The van der Waals surface area contributed by atoms with Crippen LogP contribution in [0, 0.1) is 5.92 Å². The molecule has 0 aliphatic heterocycles. The minimum Gasteiger partial charge on any atom is -0.353 e. The summed E-state index contributed by atoms with van der Waals surface area (Å²) < 4.78 is 30.6. The third-order valence-electron chi connectivity index (χ3n) is 5.02. The van der Waals surface area contributed by atoms with E-state index in [1.807, 2.05) is 48.7 Å². The van der Waals surface area contributed by atoms with Gasteiger partial charge in [-0.25, -0.2) is 8.42 Å². The summed E-state index contributed by atoms with van der Waals surface area (Å²) in [6.45, 7) is 4.57. The fourth-order valence-electron chi connectivity index (χ4n) is 3.29. The molecule has 1 saturated carbocycles. The molecule has 8 heteroatoms. The SMILES string of the molecule is CC(C)CN(CC(=O)N(Cc1cccn1C)C1CC1)S(=O)(=O)c1ccc(Br)cc1. The average molecular weight is 482 g/mol. The van der Waals surface area contributed by atoms with Crippen LogP contribution in [0.15, 0.2) is 52.0 Å². The standard InChI is InChI=1S/C21H28BrN3O3S/c1-16(2)13-24(29(27,28)20-10-6-17(22)7-11-20)15-21(26)25(18-8-9-18)14-19-5-4-12-23(19)3/h4-7,10-12,16,18H,8-9,13-15H2,1-3H3. The number of hydrogen-bond donors (Lipinski definition) is 0. The Morgan fingerprint density at radius 2 is 1.86 bits per heavy atom. The molecule has 1 aliphatic rings. The summed E-state index contributed by atoms with van der Waals surface area (Å²) in [6, 6.07) is 10.7. The molecule has 29 heavy (non-hydrogen) atoms. The Morgan fingerprint density at radius 3 is 2.38 bits per heavy atom. The molecule has 1 aromatic heterocycles. The molecule has 0 saturated heterocycles. The van der Waals surface area contributed by atoms with Crippen molar-refractivity contribution in [3.8, 4) is 0 Å². The molecular formula is C21H28BrN3O3S. The van der Waals surface area contributed by atoms with Crippen LogP contribution in [0.5, 0.6) is 0 Å². The highest BCUT2D eigenvalue weighted by Gasteiger charge is 2.36. The third kappa shape index (κ3) is 5.49. The Hall–Kier alpha value is -1.64. The average Bonchev–Trinajstić information content (AvgIpc) is 3.41. The van der Waals surface area contributed by atoms with E-state index in [2.05, 4.69) is 15.9 Å². The van der Waals surface area contributed by atoms with E-state index in [1.165, 1.54) is 4.31 Å². The molecule has 1 amide bonds. The van der Waals surface area contributed by atoms with Crippen molar-refractivity contribution in [1.82, 2.24) is 13.8 Å². The maximum Gasteiger partial charge on any atom is 0.243 e. The van der Waals surface area contributed by atoms with Gasteiger partial charge in [-0.3, -0.25) is 4.79 Å². The van der Waals surface area contributed by atoms with Crippen LogP contribution in [-0.4, -0.2) is 47.2 Å². The van der Waals surface area contributed by atoms with Gasteiger partial charge in [0, 0.05) is 36.0 Å². The second kappa shape index (κ2) is 9.02. The Morgan fingerprint density at radius 1 is 1.21 bits per heavy atom. The number of benzene rings is 1. The Labute approximate surface area is 181 Å². The van der Waals surface area contributed by atoms with Crippen molar-refractivity contribution >= 4 is 31.9 Å². The van der Waals surface area contributed by atoms with Crippen LogP contribution in [0.3, 0.4) is 0 Å². The number of amides is 1. The molecule has 1 heterocycles. The lowest BCUT2D eigenvalue weighted by Crippen LogP contribution is -2.44. The number of aromatic nitrogens is 1. The first-order valence-electron chi connectivity index (χ1n) is 9.84. The van der Waals surface area contributed by atoms with Crippen LogP contribution >= 0.6 is 15.9 Å². The van der Waals surface area contributed by atoms with Gasteiger partial charge in [0.05, 0.1) is 18.0 Å². The van der Waals surface area contributed by atoms with E-state index < -0.39 is 10.0 Å². The lowest BCUT2D eigenvalue weighted by molar-refractivity contribution is -0.132. The fourth-order valence-corrected chi connectivity index (χ4v) is 5.11. The summed E-state index contributed by atoms with van der Waals surface area (Å²) in [4.78, 5) is 15.2. The second-order valence-corrected chi connectivity index (χ2v) is 10.9. The van der Waals surface area contributed by atoms with E-state index in [9.17, 15) is 13.2 Å². The minimum absolute atomic E-state index is 0.107.